The normalized spacial score (nSPS) is 11.6. The van der Waals surface area contributed by atoms with E-state index in [0.717, 1.165) is 10.5 Å². The van der Waals surface area contributed by atoms with E-state index in [4.69, 9.17) is 10.2 Å². The highest BCUT2D eigenvalue weighted by Gasteiger charge is 2.10. The summed E-state index contributed by atoms with van der Waals surface area (Å²) in [5.74, 6) is 0.560. The van der Waals surface area contributed by atoms with Crippen LogP contribution in [0.3, 0.4) is 0 Å². The quantitative estimate of drug-likeness (QED) is 0.604. The first-order valence-electron chi connectivity index (χ1n) is 6.02. The Morgan fingerprint density at radius 1 is 1.20 bits per heavy atom. The van der Waals surface area contributed by atoms with E-state index in [1.165, 1.54) is 24.3 Å². The molecule has 0 saturated carbocycles. The summed E-state index contributed by atoms with van der Waals surface area (Å²) in [6, 6.07) is 9.09. The number of nitrogens with one attached hydrogen (secondary N) is 1. The average molecular weight is 312 g/mol. The van der Waals surface area contributed by atoms with Crippen molar-refractivity contribution in [3.05, 3.63) is 48.4 Å². The summed E-state index contributed by atoms with van der Waals surface area (Å²) >= 11 is 1.49. The molecule has 0 saturated heterocycles. The maximum absolute atomic E-state index is 11.8. The minimum Gasteiger partial charge on any atom is -0.472 e. The van der Waals surface area contributed by atoms with Crippen LogP contribution < -0.4 is 10.5 Å². The van der Waals surface area contributed by atoms with Crippen LogP contribution in [0, 0.1) is 0 Å². The molecule has 2 aromatic rings. The molecule has 1 aromatic heterocycles. The van der Waals surface area contributed by atoms with Gasteiger partial charge in [-0.05, 0) is 30.3 Å². The molecular formula is C13H16N2O3S2. The number of sulfonamides is 1. The van der Waals surface area contributed by atoms with E-state index in [9.17, 15) is 8.42 Å². The number of anilines is 1. The number of hydrogen-bond donors (Lipinski definition) is 2. The van der Waals surface area contributed by atoms with Crippen molar-refractivity contribution in [1.82, 2.24) is 4.72 Å². The van der Waals surface area contributed by atoms with Crippen molar-refractivity contribution in [1.29, 1.82) is 0 Å². The number of furan rings is 1. The zero-order valence-electron chi connectivity index (χ0n) is 10.8. The van der Waals surface area contributed by atoms with Gasteiger partial charge in [0, 0.05) is 28.4 Å². The summed E-state index contributed by atoms with van der Waals surface area (Å²) in [4.78, 5) is 1.00. The third-order valence-corrected chi connectivity index (χ3v) is 5.18. The maximum atomic E-state index is 11.8. The van der Waals surface area contributed by atoms with E-state index in [-0.39, 0.29) is 12.3 Å². The number of benzene rings is 1. The summed E-state index contributed by atoms with van der Waals surface area (Å²) in [5, 5.41) is 0. The lowest BCUT2D eigenvalue weighted by Gasteiger charge is -2.05. The number of nitrogens with two attached hydrogens (primary N) is 1. The van der Waals surface area contributed by atoms with Crippen molar-refractivity contribution >= 4 is 27.5 Å². The van der Waals surface area contributed by atoms with Crippen molar-refractivity contribution < 1.29 is 12.8 Å². The molecule has 0 spiro atoms. The Bertz CT molecular complexity index is 622. The standard InChI is InChI=1S/C13H16N2O3S2/c14-12-1-3-13(4-2-12)19-7-8-20(16,17)15-9-11-5-6-18-10-11/h1-6,10,15H,7-9,14H2. The van der Waals surface area contributed by atoms with Crippen LogP contribution in [0.4, 0.5) is 5.69 Å². The van der Waals surface area contributed by atoms with Gasteiger partial charge < -0.3 is 10.2 Å². The molecule has 2 rings (SSSR count). The number of thioether (sulfide) groups is 1. The molecule has 0 bridgehead atoms. The van der Waals surface area contributed by atoms with Crippen molar-refractivity contribution in [2.24, 2.45) is 0 Å². The van der Waals surface area contributed by atoms with Crippen LogP contribution >= 0.6 is 11.8 Å². The molecule has 20 heavy (non-hydrogen) atoms. The van der Waals surface area contributed by atoms with Crippen LogP contribution in [0.15, 0.2) is 52.2 Å². The van der Waals surface area contributed by atoms with Gasteiger partial charge in [-0.3, -0.25) is 0 Å². The molecule has 0 amide bonds. The first-order chi connectivity index (χ1) is 9.55. The monoisotopic (exact) mass is 312 g/mol. The molecule has 0 unspecified atom stereocenters. The second-order valence-corrected chi connectivity index (χ2v) is 7.28. The third-order valence-electron chi connectivity index (χ3n) is 2.58. The Kier molecular flexibility index (Phi) is 5.11. The first kappa shape index (κ1) is 15.0. The van der Waals surface area contributed by atoms with Gasteiger partial charge >= 0.3 is 0 Å². The highest BCUT2D eigenvalue weighted by molar-refractivity contribution is 8.00. The molecule has 5 nitrogen and oxygen atoms in total. The zero-order chi connectivity index (χ0) is 14.4. The first-order valence-corrected chi connectivity index (χ1v) is 8.66. The van der Waals surface area contributed by atoms with E-state index in [1.807, 2.05) is 12.1 Å². The van der Waals surface area contributed by atoms with Gasteiger partial charge in [0.1, 0.15) is 0 Å². The smallest absolute Gasteiger partial charge is 0.212 e. The Morgan fingerprint density at radius 3 is 2.60 bits per heavy atom. The lowest BCUT2D eigenvalue weighted by molar-refractivity contribution is 0.561. The van der Waals surface area contributed by atoms with Gasteiger partial charge in [0.25, 0.3) is 0 Å². The lowest BCUT2D eigenvalue weighted by atomic mass is 10.3. The van der Waals surface area contributed by atoms with Crippen LogP contribution in [0.2, 0.25) is 0 Å². The van der Waals surface area contributed by atoms with E-state index in [0.29, 0.717) is 11.4 Å². The summed E-state index contributed by atoms with van der Waals surface area (Å²) < 4.78 is 31.0. The summed E-state index contributed by atoms with van der Waals surface area (Å²) in [6.07, 6.45) is 3.03. The molecule has 7 heteroatoms. The molecule has 108 valence electrons. The fourth-order valence-electron chi connectivity index (χ4n) is 1.49. The number of rotatable bonds is 7. The number of nitrogen functional groups attached to an aromatic ring is 1. The molecule has 1 heterocycles. The van der Waals surface area contributed by atoms with Gasteiger partial charge in [0.2, 0.25) is 10.0 Å². The Balaban J connectivity index is 1.76. The molecule has 0 fully saturated rings. The van der Waals surface area contributed by atoms with Crippen LogP contribution in [-0.2, 0) is 16.6 Å². The predicted molar refractivity (Wildman–Crippen MR) is 80.9 cm³/mol. The highest BCUT2D eigenvalue weighted by Crippen LogP contribution is 2.19. The van der Waals surface area contributed by atoms with Crippen molar-refractivity contribution in [3.8, 4) is 0 Å². The summed E-state index contributed by atoms with van der Waals surface area (Å²) in [6.45, 7) is 0.255. The second kappa shape index (κ2) is 6.83. The van der Waals surface area contributed by atoms with Crippen LogP contribution in [0.1, 0.15) is 5.56 Å². The molecule has 0 aliphatic heterocycles. The Labute approximate surface area is 122 Å². The van der Waals surface area contributed by atoms with Crippen LogP contribution in [0.5, 0.6) is 0 Å². The van der Waals surface area contributed by atoms with Gasteiger partial charge in [0.05, 0.1) is 18.3 Å². The maximum Gasteiger partial charge on any atom is 0.212 e. The van der Waals surface area contributed by atoms with Gasteiger partial charge in [-0.15, -0.1) is 11.8 Å². The molecule has 3 N–H and O–H groups in total. The van der Waals surface area contributed by atoms with E-state index in [1.54, 1.807) is 18.2 Å². The van der Waals surface area contributed by atoms with Gasteiger partial charge in [-0.25, -0.2) is 13.1 Å². The molecule has 0 radical (unpaired) electrons. The Morgan fingerprint density at radius 2 is 1.95 bits per heavy atom. The number of hydrogen-bond acceptors (Lipinski definition) is 5. The topological polar surface area (TPSA) is 85.3 Å². The molecule has 0 aliphatic carbocycles. The zero-order valence-corrected chi connectivity index (χ0v) is 12.4. The fraction of sp³-hybridized carbons (Fsp3) is 0.231. The molecule has 1 aromatic carbocycles. The lowest BCUT2D eigenvalue weighted by Crippen LogP contribution is -2.26. The Hall–Kier alpha value is -1.44. The van der Waals surface area contributed by atoms with Crippen molar-refractivity contribution in [2.45, 2.75) is 11.4 Å². The molecule has 0 aliphatic rings. The highest BCUT2D eigenvalue weighted by atomic mass is 32.2. The van der Waals surface area contributed by atoms with Gasteiger partial charge in [-0.2, -0.15) is 0 Å². The molecular weight excluding hydrogens is 296 g/mol. The van der Waals surface area contributed by atoms with Crippen LogP contribution in [0.25, 0.3) is 0 Å². The van der Waals surface area contributed by atoms with Gasteiger partial charge in [0.15, 0.2) is 0 Å². The second-order valence-electron chi connectivity index (χ2n) is 4.19. The van der Waals surface area contributed by atoms with Gasteiger partial charge in [-0.1, -0.05) is 0 Å². The van der Waals surface area contributed by atoms with Crippen molar-refractivity contribution in [2.75, 3.05) is 17.2 Å². The SMILES string of the molecule is Nc1ccc(SCCS(=O)(=O)NCc2ccoc2)cc1. The van der Waals surface area contributed by atoms with E-state index in [2.05, 4.69) is 4.72 Å². The minimum atomic E-state index is -3.27. The van der Waals surface area contributed by atoms with Crippen molar-refractivity contribution in [3.63, 3.8) is 0 Å². The summed E-state index contributed by atoms with van der Waals surface area (Å²) in [5.41, 5.74) is 7.09. The average Bonchev–Trinajstić information content (AvgIpc) is 2.92. The molecule has 0 atom stereocenters. The fourth-order valence-corrected chi connectivity index (χ4v) is 3.80. The minimum absolute atomic E-state index is 0.0693. The third kappa shape index (κ3) is 4.92. The van der Waals surface area contributed by atoms with E-state index < -0.39 is 10.0 Å². The predicted octanol–water partition coefficient (Wildman–Crippen LogP) is 2.07. The van der Waals surface area contributed by atoms with Crippen LogP contribution in [-0.4, -0.2) is 19.9 Å². The summed E-state index contributed by atoms with van der Waals surface area (Å²) in [7, 11) is -3.27. The van der Waals surface area contributed by atoms with E-state index >= 15 is 0 Å². The largest absolute Gasteiger partial charge is 0.472 e.